The first-order chi connectivity index (χ1) is 13.1. The Morgan fingerprint density at radius 2 is 2.14 bits per heavy atom. The highest BCUT2D eigenvalue weighted by atomic mass is 35.5. The van der Waals surface area contributed by atoms with Crippen LogP contribution in [-0.2, 0) is 17.1 Å². The van der Waals surface area contributed by atoms with Gasteiger partial charge in [-0.25, -0.2) is 17.8 Å². The van der Waals surface area contributed by atoms with Crippen molar-refractivity contribution in [2.45, 2.75) is 6.42 Å². The summed E-state index contributed by atoms with van der Waals surface area (Å²) >= 11 is 5.90. The van der Waals surface area contributed by atoms with Crippen LogP contribution >= 0.6 is 11.6 Å². The van der Waals surface area contributed by atoms with Gasteiger partial charge >= 0.3 is 0 Å². The molecule has 1 atom stereocenters. The van der Waals surface area contributed by atoms with Gasteiger partial charge in [0.1, 0.15) is 0 Å². The molecular weight excluding hydrogens is 409 g/mol. The molecule has 2 heterocycles. The second kappa shape index (κ2) is 8.16. The van der Waals surface area contributed by atoms with Crippen LogP contribution in [0.15, 0.2) is 24.7 Å². The number of imidazole rings is 1. The molecule has 152 valence electrons. The van der Waals surface area contributed by atoms with Crippen molar-refractivity contribution in [2.75, 3.05) is 25.9 Å². The minimum Gasteiger partial charge on any atom is -0.340 e. The Morgan fingerprint density at radius 3 is 2.75 bits per heavy atom. The highest BCUT2D eigenvalue weighted by Crippen LogP contribution is 2.27. The summed E-state index contributed by atoms with van der Waals surface area (Å²) < 4.78 is 40.4. The lowest BCUT2D eigenvalue weighted by Gasteiger charge is -2.13. The van der Waals surface area contributed by atoms with Gasteiger partial charge in [-0.05, 0) is 38.1 Å². The van der Waals surface area contributed by atoms with E-state index in [0.717, 1.165) is 13.0 Å². The highest BCUT2D eigenvalue weighted by molar-refractivity contribution is 7.89. The zero-order valence-corrected chi connectivity index (χ0v) is 17.0. The molecule has 28 heavy (non-hydrogen) atoms. The van der Waals surface area contributed by atoms with Gasteiger partial charge < -0.3 is 9.47 Å². The number of rotatable bonds is 6. The van der Waals surface area contributed by atoms with Gasteiger partial charge in [0.15, 0.2) is 5.82 Å². The maximum Gasteiger partial charge on any atom is 0.269 e. The number of amides is 1. The van der Waals surface area contributed by atoms with Crippen LogP contribution in [-0.4, -0.2) is 54.7 Å². The molecule has 1 aromatic heterocycles. The number of aromatic nitrogens is 2. The Labute approximate surface area is 167 Å². The number of hydrogen-bond acceptors (Lipinski definition) is 5. The minimum atomic E-state index is -3.75. The Hall–Kier alpha value is -2.01. The number of nitrogens with one attached hydrogen (secondary N) is 2. The van der Waals surface area contributed by atoms with Gasteiger partial charge in [0.2, 0.25) is 10.0 Å². The molecule has 1 aromatic carbocycles. The smallest absolute Gasteiger partial charge is 0.269 e. The van der Waals surface area contributed by atoms with Crippen LogP contribution in [0.2, 0.25) is 5.02 Å². The predicted molar refractivity (Wildman–Crippen MR) is 104 cm³/mol. The molecule has 0 spiro atoms. The van der Waals surface area contributed by atoms with Crippen molar-refractivity contribution >= 4 is 27.5 Å². The molecule has 2 N–H and O–H groups in total. The molecular formula is C17H21ClFN5O3S. The molecule has 1 unspecified atom stereocenters. The summed E-state index contributed by atoms with van der Waals surface area (Å²) in [5.74, 6) is -2.01. The van der Waals surface area contributed by atoms with Crippen LogP contribution in [0.5, 0.6) is 0 Å². The molecule has 0 bridgehead atoms. The number of likely N-dealkylation sites (tertiary alicyclic amines) is 1. The zero-order valence-electron chi connectivity index (χ0n) is 15.4. The summed E-state index contributed by atoms with van der Waals surface area (Å²) in [5, 5.41) is -0.259. The lowest BCUT2D eigenvalue weighted by Crippen LogP contribution is -2.44. The average Bonchev–Trinajstić information content (AvgIpc) is 3.23. The lowest BCUT2D eigenvalue weighted by molar-refractivity contribution is 0.0941. The third-order valence-corrected chi connectivity index (χ3v) is 6.14. The second-order valence-electron chi connectivity index (χ2n) is 7.00. The lowest BCUT2D eigenvalue weighted by atomic mass is 10.1. The normalized spacial score (nSPS) is 17.8. The Bertz CT molecular complexity index is 995. The third kappa shape index (κ3) is 4.88. The molecule has 3 rings (SSSR count). The van der Waals surface area contributed by atoms with Gasteiger partial charge in [0.25, 0.3) is 5.91 Å². The van der Waals surface area contributed by atoms with E-state index >= 15 is 0 Å². The molecule has 1 amide bonds. The molecule has 8 nitrogen and oxygen atoms in total. The molecule has 11 heteroatoms. The van der Waals surface area contributed by atoms with Gasteiger partial charge in [0.05, 0.1) is 28.4 Å². The Kier molecular flexibility index (Phi) is 6.04. The molecule has 1 saturated heterocycles. The van der Waals surface area contributed by atoms with Gasteiger partial charge in [0, 0.05) is 25.4 Å². The summed E-state index contributed by atoms with van der Waals surface area (Å²) in [6.45, 7) is 1.50. The van der Waals surface area contributed by atoms with Crippen molar-refractivity contribution in [3.05, 3.63) is 41.1 Å². The number of carbonyl (C=O) groups excluding carboxylic acids is 1. The van der Waals surface area contributed by atoms with Crippen molar-refractivity contribution in [3.63, 3.8) is 0 Å². The largest absolute Gasteiger partial charge is 0.340 e. The van der Waals surface area contributed by atoms with E-state index < -0.39 is 21.7 Å². The molecule has 0 aliphatic carbocycles. The monoisotopic (exact) mass is 429 g/mol. The maximum atomic E-state index is 14.3. The van der Waals surface area contributed by atoms with E-state index in [1.165, 1.54) is 12.1 Å². The predicted octanol–water partition coefficient (Wildman–Crippen LogP) is 1.40. The fourth-order valence-electron chi connectivity index (χ4n) is 3.17. The fourth-order valence-corrected chi connectivity index (χ4v) is 4.61. The summed E-state index contributed by atoms with van der Waals surface area (Å²) in [6, 6.07) is 2.63. The third-order valence-electron chi connectivity index (χ3n) is 4.54. The SMILES string of the molecule is CN1CCC(CS(=O)(=O)NNC(=O)c2cc(-c3cn(C)cn3)cc(Cl)c2F)C1. The van der Waals surface area contributed by atoms with E-state index in [9.17, 15) is 17.6 Å². The maximum absolute atomic E-state index is 14.3. The number of benzene rings is 1. The number of nitrogens with zero attached hydrogens (tertiary/aromatic N) is 3. The fraction of sp³-hybridized carbons (Fsp3) is 0.412. The van der Waals surface area contributed by atoms with Gasteiger partial charge in [-0.1, -0.05) is 11.6 Å². The summed E-state index contributed by atoms with van der Waals surface area (Å²) in [6.07, 6.45) is 4.01. The van der Waals surface area contributed by atoms with E-state index in [1.807, 2.05) is 16.8 Å². The Morgan fingerprint density at radius 1 is 1.39 bits per heavy atom. The number of sulfonamides is 1. The minimum absolute atomic E-state index is 0.0157. The highest BCUT2D eigenvalue weighted by Gasteiger charge is 2.26. The summed E-state index contributed by atoms with van der Waals surface area (Å²) in [7, 11) is -0.0636. The van der Waals surface area contributed by atoms with E-state index in [1.54, 1.807) is 24.1 Å². The first-order valence-electron chi connectivity index (χ1n) is 8.60. The standard InChI is InChI=1S/C17H21ClFN5O3S/c1-23-4-3-11(7-23)9-28(26,27)22-21-17(25)13-5-12(6-14(18)16(13)19)15-8-24(2)10-20-15/h5-6,8,10-11,22H,3-4,7,9H2,1-2H3,(H,21,25). The van der Waals surface area contributed by atoms with Crippen LogP contribution in [0.4, 0.5) is 4.39 Å². The first-order valence-corrected chi connectivity index (χ1v) is 10.6. The number of halogens is 2. The number of hydrogen-bond donors (Lipinski definition) is 2. The van der Waals surface area contributed by atoms with Gasteiger partial charge in [-0.2, -0.15) is 0 Å². The van der Waals surface area contributed by atoms with Crippen molar-refractivity contribution in [3.8, 4) is 11.3 Å². The van der Waals surface area contributed by atoms with Crippen LogP contribution in [0, 0.1) is 11.7 Å². The molecule has 1 aliphatic heterocycles. The van der Waals surface area contributed by atoms with Crippen molar-refractivity contribution < 1.29 is 17.6 Å². The quantitative estimate of drug-likeness (QED) is 0.676. The van der Waals surface area contributed by atoms with Crippen LogP contribution in [0.25, 0.3) is 11.3 Å². The van der Waals surface area contributed by atoms with E-state index in [2.05, 4.69) is 10.4 Å². The topological polar surface area (TPSA) is 96.3 Å². The Balaban J connectivity index is 1.72. The second-order valence-corrected chi connectivity index (χ2v) is 9.17. The summed E-state index contributed by atoms with van der Waals surface area (Å²) in [5.41, 5.74) is 2.63. The molecule has 2 aromatic rings. The van der Waals surface area contributed by atoms with Crippen LogP contribution < -0.4 is 10.3 Å². The van der Waals surface area contributed by atoms with Crippen LogP contribution in [0.1, 0.15) is 16.8 Å². The van der Waals surface area contributed by atoms with E-state index in [4.69, 9.17) is 11.6 Å². The number of carbonyl (C=O) groups is 1. The van der Waals surface area contributed by atoms with E-state index in [-0.39, 0.29) is 22.3 Å². The van der Waals surface area contributed by atoms with Crippen LogP contribution in [0.3, 0.4) is 0 Å². The van der Waals surface area contributed by atoms with Crippen molar-refractivity contribution in [2.24, 2.45) is 13.0 Å². The van der Waals surface area contributed by atoms with Gasteiger partial charge in [-0.15, -0.1) is 4.83 Å². The molecule has 0 saturated carbocycles. The molecule has 1 fully saturated rings. The van der Waals surface area contributed by atoms with Crippen molar-refractivity contribution in [1.29, 1.82) is 0 Å². The van der Waals surface area contributed by atoms with Gasteiger partial charge in [-0.3, -0.25) is 10.2 Å². The van der Waals surface area contributed by atoms with E-state index in [0.29, 0.717) is 17.8 Å². The average molecular weight is 430 g/mol. The molecule has 1 aliphatic rings. The number of hydrazine groups is 1. The zero-order chi connectivity index (χ0) is 20.5. The molecule has 0 radical (unpaired) electrons. The number of aryl methyl sites for hydroxylation is 1. The summed E-state index contributed by atoms with van der Waals surface area (Å²) in [4.78, 5) is 20.6. The first kappa shape index (κ1) is 20.7. The van der Waals surface area contributed by atoms with Crippen molar-refractivity contribution in [1.82, 2.24) is 24.7 Å².